The molecule has 1 fully saturated rings. The molecule has 2 nitrogen and oxygen atoms in total. The highest BCUT2D eigenvalue weighted by Crippen LogP contribution is 2.33. The SMILES string of the molecule is COc1cccc(F)c1C(C)NC1CCCC(C)C1C. The van der Waals surface area contributed by atoms with E-state index in [-0.39, 0.29) is 11.9 Å². The number of benzene rings is 1. The van der Waals surface area contributed by atoms with Gasteiger partial charge in [-0.25, -0.2) is 4.39 Å². The molecule has 112 valence electrons. The maximum absolute atomic E-state index is 14.1. The third-order valence-corrected chi connectivity index (χ3v) is 4.84. The molecule has 4 unspecified atom stereocenters. The maximum Gasteiger partial charge on any atom is 0.131 e. The van der Waals surface area contributed by atoms with Crippen molar-refractivity contribution in [2.45, 2.75) is 52.1 Å². The Bertz CT molecular complexity index is 449. The van der Waals surface area contributed by atoms with Crippen molar-refractivity contribution in [2.75, 3.05) is 7.11 Å². The highest BCUT2D eigenvalue weighted by Gasteiger charge is 2.29. The van der Waals surface area contributed by atoms with Crippen molar-refractivity contribution >= 4 is 0 Å². The van der Waals surface area contributed by atoms with Crippen molar-refractivity contribution in [3.8, 4) is 5.75 Å². The molecule has 1 N–H and O–H groups in total. The average molecular weight is 279 g/mol. The summed E-state index contributed by atoms with van der Waals surface area (Å²) in [6.45, 7) is 6.63. The summed E-state index contributed by atoms with van der Waals surface area (Å²) in [5.74, 6) is 1.79. The molecule has 0 radical (unpaired) electrons. The fourth-order valence-electron chi connectivity index (χ4n) is 3.34. The standard InChI is InChI=1S/C17H26FNO/c1-11-7-5-9-15(12(11)2)19-13(3)17-14(18)8-6-10-16(17)20-4/h6,8,10-13,15,19H,5,7,9H2,1-4H3. The van der Waals surface area contributed by atoms with Crippen LogP contribution < -0.4 is 10.1 Å². The Labute approximate surface area is 121 Å². The van der Waals surface area contributed by atoms with Gasteiger partial charge in [0.2, 0.25) is 0 Å². The second-order valence-corrected chi connectivity index (χ2v) is 6.12. The number of hydrogen-bond donors (Lipinski definition) is 1. The molecule has 1 aromatic rings. The fourth-order valence-corrected chi connectivity index (χ4v) is 3.34. The van der Waals surface area contributed by atoms with E-state index in [0.717, 1.165) is 5.92 Å². The lowest BCUT2D eigenvalue weighted by molar-refractivity contribution is 0.194. The third kappa shape index (κ3) is 3.14. The zero-order chi connectivity index (χ0) is 14.7. The smallest absolute Gasteiger partial charge is 0.131 e. The Morgan fingerprint density at radius 1 is 1.30 bits per heavy atom. The van der Waals surface area contributed by atoms with Crippen molar-refractivity contribution in [2.24, 2.45) is 11.8 Å². The van der Waals surface area contributed by atoms with Crippen LogP contribution in [0.5, 0.6) is 5.75 Å². The Kier molecular flexibility index (Phi) is 5.03. The first-order valence-corrected chi connectivity index (χ1v) is 7.63. The maximum atomic E-state index is 14.1. The lowest BCUT2D eigenvalue weighted by atomic mass is 9.77. The van der Waals surface area contributed by atoms with Gasteiger partial charge in [-0.1, -0.05) is 32.8 Å². The number of methoxy groups -OCH3 is 1. The molecule has 1 saturated carbocycles. The molecule has 0 spiro atoms. The predicted molar refractivity (Wildman–Crippen MR) is 80.5 cm³/mol. The second-order valence-electron chi connectivity index (χ2n) is 6.12. The van der Waals surface area contributed by atoms with Gasteiger partial charge in [0.15, 0.2) is 0 Å². The van der Waals surface area contributed by atoms with Crippen molar-refractivity contribution in [1.29, 1.82) is 0 Å². The van der Waals surface area contributed by atoms with Crippen molar-refractivity contribution in [3.63, 3.8) is 0 Å². The van der Waals surface area contributed by atoms with Gasteiger partial charge in [0.25, 0.3) is 0 Å². The number of halogens is 1. The largest absolute Gasteiger partial charge is 0.496 e. The van der Waals surface area contributed by atoms with E-state index in [1.54, 1.807) is 13.2 Å². The summed E-state index contributed by atoms with van der Waals surface area (Å²) in [5.41, 5.74) is 0.639. The van der Waals surface area contributed by atoms with Crippen LogP contribution in [0.4, 0.5) is 4.39 Å². The van der Waals surface area contributed by atoms with E-state index in [2.05, 4.69) is 19.2 Å². The van der Waals surface area contributed by atoms with Crippen LogP contribution in [-0.4, -0.2) is 13.2 Å². The van der Waals surface area contributed by atoms with Crippen LogP contribution in [0, 0.1) is 17.7 Å². The Balaban J connectivity index is 2.14. The van der Waals surface area contributed by atoms with Crippen LogP contribution in [0.3, 0.4) is 0 Å². The number of rotatable bonds is 4. The Hall–Kier alpha value is -1.09. The molecule has 0 bridgehead atoms. The van der Waals surface area contributed by atoms with Gasteiger partial charge >= 0.3 is 0 Å². The van der Waals surface area contributed by atoms with Crippen LogP contribution in [0.15, 0.2) is 18.2 Å². The number of hydrogen-bond acceptors (Lipinski definition) is 2. The van der Waals surface area contributed by atoms with Gasteiger partial charge in [0.05, 0.1) is 7.11 Å². The Morgan fingerprint density at radius 3 is 2.75 bits per heavy atom. The summed E-state index contributed by atoms with van der Waals surface area (Å²) in [4.78, 5) is 0. The lowest BCUT2D eigenvalue weighted by Crippen LogP contribution is -2.42. The summed E-state index contributed by atoms with van der Waals surface area (Å²) < 4.78 is 19.4. The average Bonchev–Trinajstić information content (AvgIpc) is 2.43. The van der Waals surface area contributed by atoms with E-state index in [9.17, 15) is 4.39 Å². The first kappa shape index (κ1) is 15.3. The van der Waals surface area contributed by atoms with Crippen molar-refractivity contribution in [1.82, 2.24) is 5.32 Å². The summed E-state index contributed by atoms with van der Waals surface area (Å²) in [6.07, 6.45) is 3.73. The summed E-state index contributed by atoms with van der Waals surface area (Å²) in [5, 5.41) is 3.61. The summed E-state index contributed by atoms with van der Waals surface area (Å²) >= 11 is 0. The first-order valence-electron chi connectivity index (χ1n) is 7.63. The number of nitrogens with one attached hydrogen (secondary N) is 1. The van der Waals surface area contributed by atoms with Gasteiger partial charge in [-0.3, -0.25) is 0 Å². The fraction of sp³-hybridized carbons (Fsp3) is 0.647. The van der Waals surface area contributed by atoms with E-state index >= 15 is 0 Å². The minimum atomic E-state index is -0.194. The molecule has 1 aliphatic carbocycles. The van der Waals surface area contributed by atoms with E-state index in [0.29, 0.717) is 23.3 Å². The number of ether oxygens (including phenoxy) is 1. The van der Waals surface area contributed by atoms with Gasteiger partial charge in [0.1, 0.15) is 11.6 Å². The minimum absolute atomic E-state index is 0.0381. The topological polar surface area (TPSA) is 21.3 Å². The van der Waals surface area contributed by atoms with Gasteiger partial charge in [0, 0.05) is 17.6 Å². The summed E-state index contributed by atoms with van der Waals surface area (Å²) in [6, 6.07) is 5.43. The molecule has 3 heteroatoms. The normalized spacial score (nSPS) is 28.1. The molecule has 4 atom stereocenters. The van der Waals surface area contributed by atoms with Crippen LogP contribution in [-0.2, 0) is 0 Å². The molecular weight excluding hydrogens is 253 g/mol. The molecule has 0 saturated heterocycles. The molecule has 0 amide bonds. The monoisotopic (exact) mass is 279 g/mol. The molecule has 2 rings (SSSR count). The molecule has 0 aliphatic heterocycles. The molecule has 20 heavy (non-hydrogen) atoms. The molecule has 1 aliphatic rings. The van der Waals surface area contributed by atoms with Gasteiger partial charge in [-0.05, 0) is 37.3 Å². The third-order valence-electron chi connectivity index (χ3n) is 4.84. The quantitative estimate of drug-likeness (QED) is 0.886. The van der Waals surface area contributed by atoms with E-state index < -0.39 is 0 Å². The van der Waals surface area contributed by atoms with Crippen LogP contribution in [0.2, 0.25) is 0 Å². The zero-order valence-electron chi connectivity index (χ0n) is 12.9. The van der Waals surface area contributed by atoms with Crippen LogP contribution >= 0.6 is 0 Å². The van der Waals surface area contributed by atoms with E-state index in [4.69, 9.17) is 4.74 Å². The van der Waals surface area contributed by atoms with E-state index in [1.807, 2.05) is 13.0 Å². The van der Waals surface area contributed by atoms with E-state index in [1.165, 1.54) is 25.3 Å². The summed E-state index contributed by atoms with van der Waals surface area (Å²) in [7, 11) is 1.59. The lowest BCUT2D eigenvalue weighted by Gasteiger charge is -2.36. The van der Waals surface area contributed by atoms with Crippen LogP contribution in [0.1, 0.15) is 51.6 Å². The predicted octanol–water partition coefficient (Wildman–Crippen LogP) is 4.31. The van der Waals surface area contributed by atoms with Crippen molar-refractivity contribution in [3.05, 3.63) is 29.6 Å². The molecular formula is C17H26FNO. The van der Waals surface area contributed by atoms with Gasteiger partial charge in [-0.2, -0.15) is 0 Å². The minimum Gasteiger partial charge on any atom is -0.496 e. The van der Waals surface area contributed by atoms with Gasteiger partial charge in [-0.15, -0.1) is 0 Å². The Morgan fingerprint density at radius 2 is 2.05 bits per heavy atom. The molecule has 1 aromatic carbocycles. The van der Waals surface area contributed by atoms with Gasteiger partial charge < -0.3 is 10.1 Å². The molecule has 0 heterocycles. The highest BCUT2D eigenvalue weighted by molar-refractivity contribution is 5.37. The van der Waals surface area contributed by atoms with Crippen molar-refractivity contribution < 1.29 is 9.13 Å². The molecule has 0 aromatic heterocycles. The highest BCUT2D eigenvalue weighted by atomic mass is 19.1. The first-order chi connectivity index (χ1) is 9.54. The van der Waals surface area contributed by atoms with Crippen LogP contribution in [0.25, 0.3) is 0 Å². The second kappa shape index (κ2) is 6.57. The zero-order valence-corrected chi connectivity index (χ0v) is 12.9.